The molecule has 1 aliphatic carbocycles. The predicted octanol–water partition coefficient (Wildman–Crippen LogP) is 3.32. The number of carbonyl (C=O) groups is 1. The fourth-order valence-electron chi connectivity index (χ4n) is 2.41. The Labute approximate surface area is 123 Å². The first-order valence-corrected chi connectivity index (χ1v) is 8.03. The maximum Gasteiger partial charge on any atom is 0.226 e. The SMILES string of the molecule is O=C(CCC1CCCCC1)NC(=S)Nc1nccs1. The number of anilines is 1. The van der Waals surface area contributed by atoms with Crippen LogP contribution in [0.5, 0.6) is 0 Å². The molecule has 1 aromatic rings. The van der Waals surface area contributed by atoms with Gasteiger partial charge in [0.15, 0.2) is 10.2 Å². The minimum absolute atomic E-state index is 0.000343. The molecule has 104 valence electrons. The molecule has 0 bridgehead atoms. The van der Waals surface area contributed by atoms with Gasteiger partial charge >= 0.3 is 0 Å². The van der Waals surface area contributed by atoms with Crippen LogP contribution in [-0.4, -0.2) is 16.0 Å². The third-order valence-electron chi connectivity index (χ3n) is 3.41. The quantitative estimate of drug-likeness (QED) is 0.837. The highest BCUT2D eigenvalue weighted by Crippen LogP contribution is 2.27. The van der Waals surface area contributed by atoms with Crippen LogP contribution in [0.3, 0.4) is 0 Å². The Morgan fingerprint density at radius 1 is 1.42 bits per heavy atom. The second kappa shape index (κ2) is 7.55. The molecule has 1 heterocycles. The molecule has 0 spiro atoms. The maximum absolute atomic E-state index is 11.8. The lowest BCUT2D eigenvalue weighted by Crippen LogP contribution is -2.34. The van der Waals surface area contributed by atoms with Gasteiger partial charge in [0.05, 0.1) is 0 Å². The molecule has 4 nitrogen and oxygen atoms in total. The van der Waals surface area contributed by atoms with Gasteiger partial charge in [-0.2, -0.15) is 0 Å². The van der Waals surface area contributed by atoms with E-state index in [4.69, 9.17) is 12.2 Å². The fourth-order valence-corrected chi connectivity index (χ4v) is 3.22. The first-order chi connectivity index (χ1) is 9.24. The van der Waals surface area contributed by atoms with Gasteiger partial charge in [0.1, 0.15) is 0 Å². The molecule has 19 heavy (non-hydrogen) atoms. The number of amides is 1. The lowest BCUT2D eigenvalue weighted by atomic mass is 9.86. The molecule has 1 aliphatic rings. The number of carbonyl (C=O) groups excluding carboxylic acids is 1. The second-order valence-electron chi connectivity index (χ2n) is 4.88. The molecule has 2 rings (SSSR count). The van der Waals surface area contributed by atoms with Crippen LogP contribution in [0.2, 0.25) is 0 Å². The summed E-state index contributed by atoms with van der Waals surface area (Å²) in [6.45, 7) is 0. The lowest BCUT2D eigenvalue weighted by molar-refractivity contribution is -0.120. The molecule has 0 atom stereocenters. The first kappa shape index (κ1) is 14.4. The summed E-state index contributed by atoms with van der Waals surface area (Å²) in [5, 5.41) is 8.50. The normalized spacial score (nSPS) is 16.0. The van der Waals surface area contributed by atoms with Crippen molar-refractivity contribution in [2.45, 2.75) is 44.9 Å². The Morgan fingerprint density at radius 3 is 2.89 bits per heavy atom. The van der Waals surface area contributed by atoms with Crippen LogP contribution in [0, 0.1) is 5.92 Å². The number of hydrogen-bond donors (Lipinski definition) is 2. The molecule has 1 saturated carbocycles. The van der Waals surface area contributed by atoms with E-state index in [0.717, 1.165) is 12.3 Å². The summed E-state index contributed by atoms with van der Waals surface area (Å²) in [6, 6.07) is 0. The zero-order valence-electron chi connectivity index (χ0n) is 10.9. The topological polar surface area (TPSA) is 54.0 Å². The van der Waals surface area contributed by atoms with Crippen LogP contribution in [0.1, 0.15) is 44.9 Å². The van der Waals surface area contributed by atoms with E-state index >= 15 is 0 Å². The van der Waals surface area contributed by atoms with Crippen molar-refractivity contribution in [3.63, 3.8) is 0 Å². The second-order valence-corrected chi connectivity index (χ2v) is 6.19. The van der Waals surface area contributed by atoms with Crippen molar-refractivity contribution in [2.75, 3.05) is 5.32 Å². The van der Waals surface area contributed by atoms with E-state index in [1.807, 2.05) is 5.38 Å². The summed E-state index contributed by atoms with van der Waals surface area (Å²) >= 11 is 6.53. The predicted molar refractivity (Wildman–Crippen MR) is 82.3 cm³/mol. The highest BCUT2D eigenvalue weighted by Gasteiger charge is 2.15. The van der Waals surface area contributed by atoms with Crippen molar-refractivity contribution in [3.05, 3.63) is 11.6 Å². The molecule has 0 aliphatic heterocycles. The van der Waals surface area contributed by atoms with Gasteiger partial charge in [-0.15, -0.1) is 11.3 Å². The Morgan fingerprint density at radius 2 is 2.21 bits per heavy atom. The number of thiocarbonyl (C=S) groups is 1. The number of aromatic nitrogens is 1. The number of rotatable bonds is 4. The van der Waals surface area contributed by atoms with Crippen LogP contribution >= 0.6 is 23.6 Å². The van der Waals surface area contributed by atoms with Crippen molar-refractivity contribution < 1.29 is 4.79 Å². The summed E-state index contributed by atoms with van der Waals surface area (Å²) in [5.74, 6) is 0.722. The van der Waals surface area contributed by atoms with Crippen LogP contribution in [0.25, 0.3) is 0 Å². The number of hydrogen-bond acceptors (Lipinski definition) is 4. The third-order valence-corrected chi connectivity index (χ3v) is 4.30. The van der Waals surface area contributed by atoms with Crippen molar-refractivity contribution in [3.8, 4) is 0 Å². The maximum atomic E-state index is 11.8. The van der Waals surface area contributed by atoms with E-state index in [9.17, 15) is 4.79 Å². The van der Waals surface area contributed by atoms with E-state index in [-0.39, 0.29) is 5.91 Å². The number of nitrogens with zero attached hydrogens (tertiary/aromatic N) is 1. The minimum atomic E-state index is -0.000343. The molecule has 0 unspecified atom stereocenters. The summed E-state index contributed by atoms with van der Waals surface area (Å²) in [5.41, 5.74) is 0. The summed E-state index contributed by atoms with van der Waals surface area (Å²) in [4.78, 5) is 15.8. The Balaban J connectivity index is 1.64. The van der Waals surface area contributed by atoms with Gasteiger partial charge in [0.2, 0.25) is 5.91 Å². The zero-order valence-corrected chi connectivity index (χ0v) is 12.5. The number of nitrogens with one attached hydrogen (secondary N) is 2. The van der Waals surface area contributed by atoms with Gasteiger partial charge in [-0.25, -0.2) is 4.98 Å². The van der Waals surface area contributed by atoms with Gasteiger partial charge in [-0.1, -0.05) is 32.1 Å². The summed E-state index contributed by atoms with van der Waals surface area (Å²) in [6.07, 6.45) is 9.76. The molecule has 1 fully saturated rings. The molecule has 1 amide bonds. The number of thiazole rings is 1. The highest BCUT2D eigenvalue weighted by molar-refractivity contribution is 7.80. The van der Waals surface area contributed by atoms with E-state index in [1.165, 1.54) is 43.4 Å². The average Bonchev–Trinajstić information content (AvgIpc) is 2.90. The fraction of sp³-hybridized carbons (Fsp3) is 0.615. The third kappa shape index (κ3) is 5.24. The van der Waals surface area contributed by atoms with E-state index < -0.39 is 0 Å². The molecular formula is C13H19N3OS2. The Hall–Kier alpha value is -1.01. The standard InChI is InChI=1S/C13H19N3OS2/c17-11(7-6-10-4-2-1-3-5-10)15-12(18)16-13-14-8-9-19-13/h8-10H,1-7H2,(H2,14,15,16,17,18). The van der Waals surface area contributed by atoms with Crippen LogP contribution in [0.15, 0.2) is 11.6 Å². The van der Waals surface area contributed by atoms with Gasteiger partial charge < -0.3 is 10.6 Å². The van der Waals surface area contributed by atoms with Crippen molar-refractivity contribution >= 4 is 39.7 Å². The smallest absolute Gasteiger partial charge is 0.226 e. The van der Waals surface area contributed by atoms with Gasteiger partial charge in [-0.05, 0) is 24.6 Å². The van der Waals surface area contributed by atoms with Crippen molar-refractivity contribution in [1.29, 1.82) is 0 Å². The van der Waals surface area contributed by atoms with E-state index in [1.54, 1.807) is 6.20 Å². The molecule has 0 radical (unpaired) electrons. The average molecular weight is 297 g/mol. The molecule has 0 saturated heterocycles. The Kier molecular flexibility index (Phi) is 5.72. The summed E-state index contributed by atoms with van der Waals surface area (Å²) < 4.78 is 0. The summed E-state index contributed by atoms with van der Waals surface area (Å²) in [7, 11) is 0. The van der Waals surface area contributed by atoms with Crippen LogP contribution < -0.4 is 10.6 Å². The van der Waals surface area contributed by atoms with E-state index in [0.29, 0.717) is 16.7 Å². The van der Waals surface area contributed by atoms with Crippen LogP contribution in [0.4, 0.5) is 5.13 Å². The minimum Gasteiger partial charge on any atom is -0.308 e. The monoisotopic (exact) mass is 297 g/mol. The largest absolute Gasteiger partial charge is 0.308 e. The van der Waals surface area contributed by atoms with Gasteiger partial charge in [0.25, 0.3) is 0 Å². The Bertz CT molecular complexity index is 414. The van der Waals surface area contributed by atoms with Gasteiger partial charge in [0, 0.05) is 18.0 Å². The van der Waals surface area contributed by atoms with Crippen molar-refractivity contribution in [2.24, 2.45) is 5.92 Å². The molecule has 1 aromatic heterocycles. The lowest BCUT2D eigenvalue weighted by Gasteiger charge is -2.21. The van der Waals surface area contributed by atoms with Crippen molar-refractivity contribution in [1.82, 2.24) is 10.3 Å². The first-order valence-electron chi connectivity index (χ1n) is 6.74. The highest BCUT2D eigenvalue weighted by atomic mass is 32.1. The van der Waals surface area contributed by atoms with E-state index in [2.05, 4.69) is 15.6 Å². The van der Waals surface area contributed by atoms with Gasteiger partial charge in [-0.3, -0.25) is 4.79 Å². The van der Waals surface area contributed by atoms with Crippen LogP contribution in [-0.2, 0) is 4.79 Å². The molecule has 2 N–H and O–H groups in total. The molecular weight excluding hydrogens is 278 g/mol. The molecule has 6 heteroatoms. The molecule has 0 aromatic carbocycles. The zero-order chi connectivity index (χ0) is 13.5.